The Morgan fingerprint density at radius 1 is 1.48 bits per heavy atom. The van der Waals surface area contributed by atoms with Crippen molar-refractivity contribution in [3.63, 3.8) is 0 Å². The van der Waals surface area contributed by atoms with Crippen molar-refractivity contribution < 1.29 is 9.32 Å². The number of carbonyl (C=O) groups is 1. The van der Waals surface area contributed by atoms with Crippen molar-refractivity contribution in [1.29, 1.82) is 0 Å². The number of hydrogen-bond acceptors (Lipinski definition) is 4. The number of aromatic nitrogens is 1. The molecule has 1 aliphatic carbocycles. The van der Waals surface area contributed by atoms with E-state index in [1.54, 1.807) is 6.07 Å². The molecule has 1 aromatic carbocycles. The van der Waals surface area contributed by atoms with Gasteiger partial charge in [0.1, 0.15) is 5.76 Å². The van der Waals surface area contributed by atoms with Gasteiger partial charge in [0.05, 0.1) is 12.1 Å². The van der Waals surface area contributed by atoms with E-state index in [1.807, 2.05) is 18.2 Å². The maximum absolute atomic E-state index is 12.2. The van der Waals surface area contributed by atoms with Gasteiger partial charge < -0.3 is 15.6 Å². The van der Waals surface area contributed by atoms with Crippen LogP contribution in [0.15, 0.2) is 34.9 Å². The van der Waals surface area contributed by atoms with E-state index in [1.165, 1.54) is 5.56 Å². The fraction of sp³-hybridized carbons (Fsp3) is 0.375. The molecule has 5 heteroatoms. The maximum atomic E-state index is 12.2. The average molecular weight is 285 g/mol. The van der Waals surface area contributed by atoms with Gasteiger partial charge in [-0.2, -0.15) is 0 Å². The molecule has 21 heavy (non-hydrogen) atoms. The van der Waals surface area contributed by atoms with E-state index in [2.05, 4.69) is 23.5 Å². The first-order chi connectivity index (χ1) is 10.2. The molecule has 0 bridgehead atoms. The lowest BCUT2D eigenvalue weighted by atomic mass is 10.1. The Kier molecular flexibility index (Phi) is 3.75. The van der Waals surface area contributed by atoms with Gasteiger partial charge in [-0.25, -0.2) is 0 Å². The van der Waals surface area contributed by atoms with Gasteiger partial charge in [-0.3, -0.25) is 4.79 Å². The Balaban J connectivity index is 1.68. The summed E-state index contributed by atoms with van der Waals surface area (Å²) < 4.78 is 5.14. The third kappa shape index (κ3) is 2.69. The zero-order valence-electron chi connectivity index (χ0n) is 12.0. The van der Waals surface area contributed by atoms with Crippen molar-refractivity contribution in [2.75, 3.05) is 0 Å². The Morgan fingerprint density at radius 2 is 2.29 bits per heavy atom. The summed E-state index contributed by atoms with van der Waals surface area (Å²) in [6.07, 6.45) is 2.50. The first kappa shape index (κ1) is 13.8. The molecule has 2 atom stereocenters. The van der Waals surface area contributed by atoms with Crippen molar-refractivity contribution in [1.82, 2.24) is 10.5 Å². The van der Waals surface area contributed by atoms with Crippen LogP contribution in [0.4, 0.5) is 0 Å². The second-order valence-electron chi connectivity index (χ2n) is 5.44. The Hall–Kier alpha value is -2.14. The Bertz CT molecular complexity index is 650. The molecule has 1 heterocycles. The highest BCUT2D eigenvalue weighted by Crippen LogP contribution is 2.29. The summed E-state index contributed by atoms with van der Waals surface area (Å²) in [5.41, 5.74) is 8.83. The first-order valence-corrected chi connectivity index (χ1v) is 7.29. The van der Waals surface area contributed by atoms with Crippen LogP contribution in [0.25, 0.3) is 0 Å². The van der Waals surface area contributed by atoms with Crippen molar-refractivity contribution in [3.8, 4) is 0 Å². The van der Waals surface area contributed by atoms with Crippen LogP contribution in [0, 0.1) is 0 Å². The molecule has 3 rings (SSSR count). The minimum absolute atomic E-state index is 0.0961. The highest BCUT2D eigenvalue weighted by Gasteiger charge is 2.31. The molecule has 0 spiro atoms. The summed E-state index contributed by atoms with van der Waals surface area (Å²) in [6.45, 7) is 2.05. The standard InChI is InChI=1S/C16H19N3O2/c1-2-5-11-9-14(19-21-11)16(20)18-13-8-10-6-3-4-7-12(10)15(13)17/h3-4,6-7,9,13,15H,2,5,8,17H2,1H3,(H,18,20)/t13-,15-/m0/s1. The van der Waals surface area contributed by atoms with Gasteiger partial charge in [-0.05, 0) is 24.0 Å². The summed E-state index contributed by atoms with van der Waals surface area (Å²) in [5.74, 6) is 0.510. The van der Waals surface area contributed by atoms with E-state index in [-0.39, 0.29) is 18.0 Å². The van der Waals surface area contributed by atoms with Crippen molar-refractivity contribution in [2.45, 2.75) is 38.3 Å². The van der Waals surface area contributed by atoms with Crippen LogP contribution in [0.3, 0.4) is 0 Å². The van der Waals surface area contributed by atoms with Crippen LogP contribution >= 0.6 is 0 Å². The van der Waals surface area contributed by atoms with Gasteiger partial charge in [-0.1, -0.05) is 36.3 Å². The van der Waals surface area contributed by atoms with Crippen molar-refractivity contribution in [2.24, 2.45) is 5.73 Å². The minimum Gasteiger partial charge on any atom is -0.361 e. The van der Waals surface area contributed by atoms with Gasteiger partial charge in [0.2, 0.25) is 0 Å². The van der Waals surface area contributed by atoms with Crippen LogP contribution in [0.1, 0.15) is 46.8 Å². The molecule has 1 aliphatic rings. The highest BCUT2D eigenvalue weighted by molar-refractivity contribution is 5.92. The van der Waals surface area contributed by atoms with Crippen molar-refractivity contribution >= 4 is 5.91 Å². The number of nitrogens with one attached hydrogen (secondary N) is 1. The molecule has 2 aromatic rings. The van der Waals surface area contributed by atoms with Gasteiger partial charge in [0, 0.05) is 12.5 Å². The summed E-state index contributed by atoms with van der Waals surface area (Å²) in [6, 6.07) is 9.46. The molecular weight excluding hydrogens is 266 g/mol. The summed E-state index contributed by atoms with van der Waals surface area (Å²) >= 11 is 0. The lowest BCUT2D eigenvalue weighted by molar-refractivity contribution is 0.0924. The van der Waals surface area contributed by atoms with Gasteiger partial charge >= 0.3 is 0 Å². The molecule has 0 radical (unpaired) electrons. The zero-order chi connectivity index (χ0) is 14.8. The molecule has 0 saturated heterocycles. The first-order valence-electron chi connectivity index (χ1n) is 7.29. The van der Waals surface area contributed by atoms with E-state index in [0.717, 1.165) is 30.6 Å². The number of carbonyl (C=O) groups excluding carboxylic acids is 1. The summed E-state index contributed by atoms with van der Waals surface area (Å²) in [4.78, 5) is 12.2. The third-order valence-corrected chi connectivity index (χ3v) is 3.89. The van der Waals surface area contributed by atoms with E-state index in [9.17, 15) is 4.79 Å². The summed E-state index contributed by atoms with van der Waals surface area (Å²) in [7, 11) is 0. The monoisotopic (exact) mass is 285 g/mol. The number of fused-ring (bicyclic) bond motifs is 1. The Morgan fingerprint density at radius 3 is 3.05 bits per heavy atom. The topological polar surface area (TPSA) is 81.2 Å². The van der Waals surface area contributed by atoms with Crippen LogP contribution in [-0.2, 0) is 12.8 Å². The molecule has 1 aromatic heterocycles. The fourth-order valence-corrected chi connectivity index (χ4v) is 2.79. The summed E-state index contributed by atoms with van der Waals surface area (Å²) in [5, 5.41) is 6.78. The number of aryl methyl sites for hydroxylation is 1. The van der Waals surface area contributed by atoms with Crippen molar-refractivity contribution in [3.05, 3.63) is 52.9 Å². The van der Waals surface area contributed by atoms with E-state index in [0.29, 0.717) is 5.69 Å². The molecule has 1 amide bonds. The predicted molar refractivity (Wildman–Crippen MR) is 78.8 cm³/mol. The number of nitrogens with two attached hydrogens (primary N) is 1. The fourth-order valence-electron chi connectivity index (χ4n) is 2.79. The number of benzene rings is 1. The normalized spacial score (nSPS) is 20.3. The number of amides is 1. The number of rotatable bonds is 4. The average Bonchev–Trinajstić information content (AvgIpc) is 3.06. The minimum atomic E-state index is -0.227. The number of nitrogens with zero attached hydrogens (tertiary/aromatic N) is 1. The van der Waals surface area contributed by atoms with E-state index >= 15 is 0 Å². The number of hydrogen-bond donors (Lipinski definition) is 2. The molecule has 110 valence electrons. The maximum Gasteiger partial charge on any atom is 0.273 e. The predicted octanol–water partition coefficient (Wildman–Crippen LogP) is 1.98. The van der Waals surface area contributed by atoms with Gasteiger partial charge in [0.25, 0.3) is 5.91 Å². The van der Waals surface area contributed by atoms with Gasteiger partial charge in [-0.15, -0.1) is 0 Å². The van der Waals surface area contributed by atoms with Crippen LogP contribution < -0.4 is 11.1 Å². The molecule has 0 saturated carbocycles. The van der Waals surface area contributed by atoms with Crippen LogP contribution in [-0.4, -0.2) is 17.1 Å². The molecule has 0 unspecified atom stereocenters. The largest absolute Gasteiger partial charge is 0.361 e. The second kappa shape index (κ2) is 5.69. The Labute approximate surface area is 123 Å². The van der Waals surface area contributed by atoms with Crippen LogP contribution in [0.2, 0.25) is 0 Å². The quantitative estimate of drug-likeness (QED) is 0.900. The molecule has 5 nitrogen and oxygen atoms in total. The second-order valence-corrected chi connectivity index (χ2v) is 5.44. The smallest absolute Gasteiger partial charge is 0.273 e. The van der Waals surface area contributed by atoms with Gasteiger partial charge in [0.15, 0.2) is 5.69 Å². The zero-order valence-corrected chi connectivity index (χ0v) is 12.0. The molecular formula is C16H19N3O2. The molecule has 3 N–H and O–H groups in total. The van der Waals surface area contributed by atoms with E-state index < -0.39 is 0 Å². The SMILES string of the molecule is CCCc1cc(C(=O)N[C@H]2Cc3ccccc3[C@@H]2N)no1. The van der Waals surface area contributed by atoms with E-state index in [4.69, 9.17) is 10.3 Å². The van der Waals surface area contributed by atoms with Crippen LogP contribution in [0.5, 0.6) is 0 Å². The lowest BCUT2D eigenvalue weighted by Crippen LogP contribution is -2.40. The third-order valence-electron chi connectivity index (χ3n) is 3.89. The highest BCUT2D eigenvalue weighted by atomic mass is 16.5. The lowest BCUT2D eigenvalue weighted by Gasteiger charge is -2.16. The molecule has 0 aliphatic heterocycles. The molecule has 0 fully saturated rings.